The monoisotopic (exact) mass is 199 g/mol. The van der Waals surface area contributed by atoms with Gasteiger partial charge in [-0.05, 0) is 31.9 Å². The summed E-state index contributed by atoms with van der Waals surface area (Å²) < 4.78 is 25.3. The summed E-state index contributed by atoms with van der Waals surface area (Å²) in [6.45, 7) is 5.60. The standard InChI is InChI=1S/C9H12O3S/c1-6-4-7(2)9(8(3)5-6)12-13(10)11/h4-5H,1-3H3,(H,10,11)/p-1. The Hall–Kier alpha value is -0.870. The van der Waals surface area contributed by atoms with Crippen LogP contribution >= 0.6 is 0 Å². The van der Waals surface area contributed by atoms with E-state index in [4.69, 9.17) is 0 Å². The first-order valence-corrected chi connectivity index (χ1v) is 4.86. The molecule has 1 unspecified atom stereocenters. The molecule has 1 atom stereocenters. The Kier molecular flexibility index (Phi) is 3.06. The van der Waals surface area contributed by atoms with E-state index in [0.29, 0.717) is 5.75 Å². The fourth-order valence-corrected chi connectivity index (χ4v) is 1.77. The van der Waals surface area contributed by atoms with Crippen LogP contribution < -0.4 is 4.18 Å². The van der Waals surface area contributed by atoms with Crippen LogP contribution in [-0.4, -0.2) is 8.76 Å². The average molecular weight is 199 g/mol. The van der Waals surface area contributed by atoms with Crippen LogP contribution in [0.5, 0.6) is 5.75 Å². The summed E-state index contributed by atoms with van der Waals surface area (Å²) in [5, 5.41) is 0. The molecule has 0 fully saturated rings. The molecular formula is C9H11O3S-. The summed E-state index contributed by atoms with van der Waals surface area (Å²) in [5.74, 6) is 0.430. The molecule has 0 spiro atoms. The first kappa shape index (κ1) is 10.2. The number of aryl methyl sites for hydroxylation is 3. The van der Waals surface area contributed by atoms with Crippen molar-refractivity contribution in [3.05, 3.63) is 28.8 Å². The molecule has 3 nitrogen and oxygen atoms in total. The lowest BCUT2D eigenvalue weighted by molar-refractivity contribution is 0.437. The first-order chi connectivity index (χ1) is 6.00. The SMILES string of the molecule is Cc1cc(C)c(OS(=O)[O-])c(C)c1. The molecule has 72 valence electrons. The van der Waals surface area contributed by atoms with E-state index in [1.807, 2.05) is 32.9 Å². The van der Waals surface area contributed by atoms with E-state index >= 15 is 0 Å². The maximum atomic E-state index is 10.3. The smallest absolute Gasteiger partial charge is 0.145 e. The number of rotatable bonds is 2. The molecule has 1 rings (SSSR count). The van der Waals surface area contributed by atoms with Gasteiger partial charge in [0, 0.05) is 0 Å². The van der Waals surface area contributed by atoms with Gasteiger partial charge < -0.3 is 8.74 Å². The van der Waals surface area contributed by atoms with Gasteiger partial charge in [-0.3, -0.25) is 0 Å². The number of hydrogen-bond donors (Lipinski definition) is 0. The Morgan fingerprint density at radius 3 is 2.08 bits per heavy atom. The Bertz CT molecular complexity index is 324. The van der Waals surface area contributed by atoms with E-state index in [2.05, 4.69) is 4.18 Å². The summed E-state index contributed by atoms with van der Waals surface area (Å²) in [6, 6.07) is 3.77. The van der Waals surface area contributed by atoms with E-state index in [1.165, 1.54) is 0 Å². The summed E-state index contributed by atoms with van der Waals surface area (Å²) >= 11 is -2.49. The minimum Gasteiger partial charge on any atom is -0.740 e. The molecule has 0 aliphatic carbocycles. The topological polar surface area (TPSA) is 49.4 Å². The highest BCUT2D eigenvalue weighted by molar-refractivity contribution is 7.74. The van der Waals surface area contributed by atoms with Crippen LogP contribution in [0.3, 0.4) is 0 Å². The van der Waals surface area contributed by atoms with Gasteiger partial charge in [-0.15, -0.1) is 0 Å². The lowest BCUT2D eigenvalue weighted by Gasteiger charge is -2.13. The highest BCUT2D eigenvalue weighted by atomic mass is 32.2. The first-order valence-electron chi connectivity index (χ1n) is 3.86. The van der Waals surface area contributed by atoms with Crippen LogP contribution in [-0.2, 0) is 11.4 Å². The van der Waals surface area contributed by atoms with Crippen molar-refractivity contribution >= 4 is 11.4 Å². The minimum absolute atomic E-state index is 0.430. The van der Waals surface area contributed by atoms with Crippen molar-refractivity contribution in [3.63, 3.8) is 0 Å². The fourth-order valence-electron chi connectivity index (χ4n) is 1.37. The van der Waals surface area contributed by atoms with Gasteiger partial charge in [0.05, 0.1) is 0 Å². The maximum Gasteiger partial charge on any atom is 0.145 e. The summed E-state index contributed by atoms with van der Waals surface area (Å²) in [7, 11) is 0. The molecule has 1 aromatic rings. The third-order valence-corrected chi connectivity index (χ3v) is 2.06. The fraction of sp³-hybridized carbons (Fsp3) is 0.333. The van der Waals surface area contributed by atoms with Crippen LogP contribution in [0.2, 0.25) is 0 Å². The van der Waals surface area contributed by atoms with Gasteiger partial charge in [0.1, 0.15) is 17.1 Å². The predicted octanol–water partition coefficient (Wildman–Crippen LogP) is 1.78. The van der Waals surface area contributed by atoms with E-state index in [9.17, 15) is 8.76 Å². The molecular weight excluding hydrogens is 188 g/mol. The van der Waals surface area contributed by atoms with Gasteiger partial charge in [0.25, 0.3) is 0 Å². The molecule has 4 heteroatoms. The van der Waals surface area contributed by atoms with Crippen molar-refractivity contribution in [1.29, 1.82) is 0 Å². The van der Waals surface area contributed by atoms with Crippen LogP contribution in [0, 0.1) is 20.8 Å². The zero-order valence-electron chi connectivity index (χ0n) is 7.79. The molecule has 0 N–H and O–H groups in total. The Balaban J connectivity index is 3.13. The van der Waals surface area contributed by atoms with Crippen LogP contribution in [0.25, 0.3) is 0 Å². The molecule has 0 bridgehead atoms. The van der Waals surface area contributed by atoms with Crippen LogP contribution in [0.1, 0.15) is 16.7 Å². The Morgan fingerprint density at radius 2 is 1.69 bits per heavy atom. The van der Waals surface area contributed by atoms with E-state index in [0.717, 1.165) is 16.7 Å². The van der Waals surface area contributed by atoms with Crippen LogP contribution in [0.15, 0.2) is 12.1 Å². The molecule has 0 amide bonds. The summed E-state index contributed by atoms with van der Waals surface area (Å²) in [5.41, 5.74) is 2.77. The maximum absolute atomic E-state index is 10.3. The Labute approximate surface area is 80.2 Å². The normalized spacial score (nSPS) is 12.6. The zero-order valence-corrected chi connectivity index (χ0v) is 8.60. The molecule has 0 saturated heterocycles. The molecule has 0 aromatic heterocycles. The number of benzene rings is 1. The summed E-state index contributed by atoms with van der Waals surface area (Å²) in [4.78, 5) is 0. The molecule has 0 saturated carbocycles. The van der Waals surface area contributed by atoms with Crippen LogP contribution in [0.4, 0.5) is 0 Å². The van der Waals surface area contributed by atoms with E-state index in [1.54, 1.807) is 0 Å². The van der Waals surface area contributed by atoms with Gasteiger partial charge in [-0.25, -0.2) is 4.21 Å². The molecule has 0 aliphatic heterocycles. The lowest BCUT2D eigenvalue weighted by atomic mass is 10.1. The molecule has 1 aromatic carbocycles. The highest BCUT2D eigenvalue weighted by Crippen LogP contribution is 2.24. The van der Waals surface area contributed by atoms with Crippen molar-refractivity contribution < 1.29 is 12.9 Å². The second-order valence-electron chi connectivity index (χ2n) is 3.02. The van der Waals surface area contributed by atoms with Crippen molar-refractivity contribution in [3.8, 4) is 5.75 Å². The van der Waals surface area contributed by atoms with E-state index in [-0.39, 0.29) is 0 Å². The minimum atomic E-state index is -2.49. The third kappa shape index (κ3) is 2.54. The third-order valence-electron chi connectivity index (χ3n) is 1.76. The largest absolute Gasteiger partial charge is 0.740 e. The lowest BCUT2D eigenvalue weighted by Crippen LogP contribution is -2.01. The quantitative estimate of drug-likeness (QED) is 0.682. The molecule has 0 aliphatic rings. The van der Waals surface area contributed by atoms with Gasteiger partial charge in [-0.1, -0.05) is 17.7 Å². The van der Waals surface area contributed by atoms with Crippen molar-refractivity contribution in [2.24, 2.45) is 0 Å². The second-order valence-corrected chi connectivity index (χ2v) is 3.59. The van der Waals surface area contributed by atoms with Crippen molar-refractivity contribution in [2.45, 2.75) is 20.8 Å². The van der Waals surface area contributed by atoms with Crippen molar-refractivity contribution in [2.75, 3.05) is 0 Å². The van der Waals surface area contributed by atoms with Crippen molar-refractivity contribution in [1.82, 2.24) is 0 Å². The van der Waals surface area contributed by atoms with Gasteiger partial charge in [0.15, 0.2) is 0 Å². The molecule has 0 heterocycles. The molecule has 0 radical (unpaired) electrons. The van der Waals surface area contributed by atoms with Gasteiger partial charge in [0.2, 0.25) is 0 Å². The highest BCUT2D eigenvalue weighted by Gasteiger charge is 2.04. The van der Waals surface area contributed by atoms with Gasteiger partial charge >= 0.3 is 0 Å². The van der Waals surface area contributed by atoms with E-state index < -0.39 is 11.4 Å². The zero-order chi connectivity index (χ0) is 10.0. The Morgan fingerprint density at radius 1 is 1.23 bits per heavy atom. The predicted molar refractivity (Wildman–Crippen MR) is 50.2 cm³/mol. The average Bonchev–Trinajstić information content (AvgIpc) is 1.96. The molecule has 13 heavy (non-hydrogen) atoms. The second kappa shape index (κ2) is 3.89. The van der Waals surface area contributed by atoms with Gasteiger partial charge in [-0.2, -0.15) is 0 Å². The number of hydrogen-bond acceptors (Lipinski definition) is 3. The summed E-state index contributed by atoms with van der Waals surface area (Å²) in [6.07, 6.45) is 0.